The van der Waals surface area contributed by atoms with Gasteiger partial charge in [0.25, 0.3) is 0 Å². The van der Waals surface area contributed by atoms with Crippen molar-refractivity contribution in [1.29, 1.82) is 0 Å². The second-order valence-electron chi connectivity index (χ2n) is 6.62. The predicted octanol–water partition coefficient (Wildman–Crippen LogP) is 4.81. The summed E-state index contributed by atoms with van der Waals surface area (Å²) >= 11 is 1.57. The summed E-state index contributed by atoms with van der Waals surface area (Å²) in [6.45, 7) is 8.38. The number of rotatable bonds is 7. The van der Waals surface area contributed by atoms with Crippen molar-refractivity contribution >= 4 is 28.2 Å². The van der Waals surface area contributed by atoms with Crippen LogP contribution in [0.1, 0.15) is 74.2 Å². The summed E-state index contributed by atoms with van der Waals surface area (Å²) in [5, 5.41) is 3.69. The van der Waals surface area contributed by atoms with Gasteiger partial charge in [0.2, 0.25) is 5.91 Å². The fourth-order valence-corrected chi connectivity index (χ4v) is 4.66. The molecule has 0 bridgehead atoms. The lowest BCUT2D eigenvalue weighted by Gasteiger charge is -2.21. The first kappa shape index (κ1) is 19.0. The molecule has 5 heteroatoms. The Balaban J connectivity index is 2.30. The Bertz CT molecular complexity index is 594. The number of hydrogen-bond donors (Lipinski definition) is 1. The lowest BCUT2D eigenvalue weighted by Crippen LogP contribution is -2.21. The van der Waals surface area contributed by atoms with Gasteiger partial charge >= 0.3 is 5.97 Å². The minimum atomic E-state index is -0.302. The number of hydrogen-bond acceptors (Lipinski definition) is 4. The summed E-state index contributed by atoms with van der Waals surface area (Å²) in [5.41, 5.74) is 1.70. The van der Waals surface area contributed by atoms with Gasteiger partial charge in [-0.25, -0.2) is 4.79 Å². The second kappa shape index (κ2) is 8.65. The molecule has 0 aliphatic heterocycles. The van der Waals surface area contributed by atoms with Crippen LogP contribution < -0.4 is 5.32 Å². The zero-order valence-corrected chi connectivity index (χ0v) is 16.1. The van der Waals surface area contributed by atoms with E-state index in [0.29, 0.717) is 23.1 Å². The van der Waals surface area contributed by atoms with Crippen molar-refractivity contribution in [1.82, 2.24) is 0 Å². The maximum atomic E-state index is 12.5. The van der Waals surface area contributed by atoms with Crippen molar-refractivity contribution in [2.24, 2.45) is 11.8 Å². The molecule has 0 unspecified atom stereocenters. The van der Waals surface area contributed by atoms with E-state index in [1.165, 1.54) is 4.88 Å². The lowest BCUT2D eigenvalue weighted by atomic mass is 9.85. The first-order chi connectivity index (χ1) is 11.5. The Morgan fingerprint density at radius 1 is 1.33 bits per heavy atom. The van der Waals surface area contributed by atoms with E-state index in [2.05, 4.69) is 19.2 Å². The van der Waals surface area contributed by atoms with E-state index in [1.54, 1.807) is 11.3 Å². The molecule has 4 nitrogen and oxygen atoms in total. The number of ether oxygens (including phenoxy) is 1. The Labute approximate surface area is 149 Å². The van der Waals surface area contributed by atoms with E-state index in [-0.39, 0.29) is 17.8 Å². The van der Waals surface area contributed by atoms with Crippen LogP contribution in [0.3, 0.4) is 0 Å². The van der Waals surface area contributed by atoms with Gasteiger partial charge in [0.1, 0.15) is 5.00 Å². The Kier molecular flexibility index (Phi) is 6.84. The largest absolute Gasteiger partial charge is 0.462 e. The van der Waals surface area contributed by atoms with Crippen molar-refractivity contribution in [3.63, 3.8) is 0 Å². The molecule has 0 saturated heterocycles. The minimum absolute atomic E-state index is 0.00645. The maximum Gasteiger partial charge on any atom is 0.341 e. The standard InChI is InChI=1S/C19H29NO3S/c1-5-8-12(4)17(21)20-18-16(19(22)23-7-3)14-10-9-13(6-2)11-15(14)24-18/h12-13H,5-11H2,1-4H3,(H,20,21)/t12-,13+/m0/s1. The third-order valence-corrected chi connectivity index (χ3v) is 6.00. The smallest absolute Gasteiger partial charge is 0.341 e. The molecule has 24 heavy (non-hydrogen) atoms. The number of fused-ring (bicyclic) bond motifs is 1. The van der Waals surface area contributed by atoms with Crippen molar-refractivity contribution < 1.29 is 14.3 Å². The summed E-state index contributed by atoms with van der Waals surface area (Å²) in [6.07, 6.45) is 5.98. The molecule has 134 valence electrons. The first-order valence-electron chi connectivity index (χ1n) is 9.14. The molecule has 0 fully saturated rings. The highest BCUT2D eigenvalue weighted by atomic mass is 32.1. The average Bonchev–Trinajstić information content (AvgIpc) is 2.91. The average molecular weight is 352 g/mol. The fraction of sp³-hybridized carbons (Fsp3) is 0.684. The number of carbonyl (C=O) groups is 2. The minimum Gasteiger partial charge on any atom is -0.462 e. The zero-order valence-electron chi connectivity index (χ0n) is 15.2. The molecular formula is C19H29NO3S. The number of amides is 1. The summed E-state index contributed by atoms with van der Waals surface area (Å²) in [7, 11) is 0. The highest BCUT2D eigenvalue weighted by Crippen LogP contribution is 2.41. The number of nitrogens with one attached hydrogen (secondary N) is 1. The Hall–Kier alpha value is -1.36. The summed E-state index contributed by atoms with van der Waals surface area (Å²) in [4.78, 5) is 26.1. The van der Waals surface area contributed by atoms with E-state index in [4.69, 9.17) is 4.74 Å². The zero-order chi connectivity index (χ0) is 17.7. The lowest BCUT2D eigenvalue weighted by molar-refractivity contribution is -0.119. The SMILES string of the molecule is CCC[C@H](C)C(=O)Nc1sc2c(c1C(=O)OCC)CC[C@@H](CC)C2. The van der Waals surface area contributed by atoms with Gasteiger partial charge in [-0.15, -0.1) is 11.3 Å². The molecule has 1 aliphatic carbocycles. The van der Waals surface area contributed by atoms with Crippen LogP contribution in [0.25, 0.3) is 0 Å². The fourth-order valence-electron chi connectivity index (χ4n) is 3.31. The molecule has 0 spiro atoms. The van der Waals surface area contributed by atoms with E-state index in [9.17, 15) is 9.59 Å². The normalized spacial score (nSPS) is 17.9. The number of anilines is 1. The highest BCUT2D eigenvalue weighted by Gasteiger charge is 2.30. The molecule has 1 aromatic heterocycles. The van der Waals surface area contributed by atoms with E-state index in [1.807, 2.05) is 13.8 Å². The predicted molar refractivity (Wildman–Crippen MR) is 98.8 cm³/mol. The van der Waals surface area contributed by atoms with Crippen LogP contribution in [0.5, 0.6) is 0 Å². The molecule has 1 N–H and O–H groups in total. The molecule has 1 amide bonds. The van der Waals surface area contributed by atoms with Crippen molar-refractivity contribution in [2.45, 2.75) is 66.2 Å². The van der Waals surface area contributed by atoms with Crippen molar-refractivity contribution in [3.8, 4) is 0 Å². The molecule has 2 rings (SSSR count). The highest BCUT2D eigenvalue weighted by molar-refractivity contribution is 7.17. The van der Waals surface area contributed by atoms with Crippen LogP contribution in [-0.2, 0) is 22.4 Å². The van der Waals surface area contributed by atoms with Crippen LogP contribution in [0.15, 0.2) is 0 Å². The molecular weight excluding hydrogens is 322 g/mol. The van der Waals surface area contributed by atoms with Crippen molar-refractivity contribution in [2.75, 3.05) is 11.9 Å². The molecule has 1 heterocycles. The molecule has 1 aliphatic rings. The van der Waals surface area contributed by atoms with Crippen molar-refractivity contribution in [3.05, 3.63) is 16.0 Å². The van der Waals surface area contributed by atoms with Gasteiger partial charge in [0.15, 0.2) is 0 Å². The monoisotopic (exact) mass is 351 g/mol. The van der Waals surface area contributed by atoms with Crippen LogP contribution in [0, 0.1) is 11.8 Å². The third-order valence-electron chi connectivity index (χ3n) is 4.83. The third kappa shape index (κ3) is 4.18. The molecule has 0 aromatic carbocycles. The number of thiophene rings is 1. The quantitative estimate of drug-likeness (QED) is 0.717. The van der Waals surface area contributed by atoms with E-state index < -0.39 is 0 Å². The van der Waals surface area contributed by atoms with E-state index in [0.717, 1.165) is 44.1 Å². The number of esters is 1. The number of carbonyl (C=O) groups excluding carboxylic acids is 2. The second-order valence-corrected chi connectivity index (χ2v) is 7.73. The van der Waals surface area contributed by atoms with Crippen LogP contribution >= 0.6 is 11.3 Å². The van der Waals surface area contributed by atoms with Gasteiger partial charge in [-0.2, -0.15) is 0 Å². The first-order valence-corrected chi connectivity index (χ1v) is 9.95. The van der Waals surface area contributed by atoms with Crippen LogP contribution in [-0.4, -0.2) is 18.5 Å². The van der Waals surface area contributed by atoms with Crippen LogP contribution in [0.2, 0.25) is 0 Å². The van der Waals surface area contributed by atoms with Gasteiger partial charge in [-0.1, -0.05) is 33.6 Å². The van der Waals surface area contributed by atoms with Gasteiger partial charge < -0.3 is 10.1 Å². The van der Waals surface area contributed by atoms with Gasteiger partial charge in [-0.3, -0.25) is 4.79 Å². The van der Waals surface area contributed by atoms with Crippen LogP contribution in [0.4, 0.5) is 5.00 Å². The Morgan fingerprint density at radius 2 is 2.08 bits per heavy atom. The molecule has 2 atom stereocenters. The van der Waals surface area contributed by atoms with Gasteiger partial charge in [0.05, 0.1) is 12.2 Å². The Morgan fingerprint density at radius 3 is 2.71 bits per heavy atom. The topological polar surface area (TPSA) is 55.4 Å². The van der Waals surface area contributed by atoms with Gasteiger partial charge in [0, 0.05) is 10.8 Å². The summed E-state index contributed by atoms with van der Waals surface area (Å²) in [5.74, 6) is 0.317. The molecule has 0 radical (unpaired) electrons. The summed E-state index contributed by atoms with van der Waals surface area (Å²) < 4.78 is 5.25. The maximum absolute atomic E-state index is 12.5. The van der Waals surface area contributed by atoms with E-state index >= 15 is 0 Å². The molecule has 1 aromatic rings. The summed E-state index contributed by atoms with van der Waals surface area (Å²) in [6, 6.07) is 0. The van der Waals surface area contributed by atoms with Gasteiger partial charge in [-0.05, 0) is 44.1 Å². The molecule has 0 saturated carbocycles.